The molecule has 0 unspecified atom stereocenters. The molecule has 3 heterocycles. The monoisotopic (exact) mass is 277 g/mol. The summed E-state index contributed by atoms with van der Waals surface area (Å²) in [5, 5.41) is 4.88. The van der Waals surface area contributed by atoms with E-state index in [0.717, 1.165) is 32.0 Å². The average Bonchev–Trinajstić information content (AvgIpc) is 2.79. The van der Waals surface area contributed by atoms with Gasteiger partial charge in [0, 0.05) is 44.1 Å². The maximum absolute atomic E-state index is 5.84. The molecule has 0 aliphatic carbocycles. The molecule has 3 rings (SSSR count). The summed E-state index contributed by atoms with van der Waals surface area (Å²) in [6, 6.07) is 0. The maximum atomic E-state index is 5.84. The van der Waals surface area contributed by atoms with E-state index in [1.54, 1.807) is 6.20 Å². The molecule has 2 aromatic rings. The van der Waals surface area contributed by atoms with Gasteiger partial charge in [-0.3, -0.25) is 4.68 Å². The number of halogens is 1. The first-order valence-electron chi connectivity index (χ1n) is 6.48. The van der Waals surface area contributed by atoms with E-state index in [-0.39, 0.29) is 0 Å². The van der Waals surface area contributed by atoms with Gasteiger partial charge in [0.2, 0.25) is 5.95 Å². The molecule has 0 saturated carbocycles. The standard InChI is InChI=1S/C13H16ClN5/c1-2-10-3-15-13(16-4-10)18-6-11(7-18)8-19-9-12(14)5-17-19/h3-5,9,11H,2,6-8H2,1H3. The first-order valence-corrected chi connectivity index (χ1v) is 6.86. The molecule has 19 heavy (non-hydrogen) atoms. The van der Waals surface area contributed by atoms with Gasteiger partial charge in [-0.2, -0.15) is 5.10 Å². The minimum atomic E-state index is 0.588. The Morgan fingerprint density at radius 3 is 2.58 bits per heavy atom. The van der Waals surface area contributed by atoms with Crippen molar-refractivity contribution < 1.29 is 0 Å². The van der Waals surface area contributed by atoms with Crippen molar-refractivity contribution in [1.29, 1.82) is 0 Å². The molecule has 0 aromatic carbocycles. The van der Waals surface area contributed by atoms with E-state index in [0.29, 0.717) is 10.9 Å². The first-order chi connectivity index (χ1) is 9.24. The summed E-state index contributed by atoms with van der Waals surface area (Å²) in [6.45, 7) is 4.95. The third-order valence-electron chi connectivity index (χ3n) is 3.39. The summed E-state index contributed by atoms with van der Waals surface area (Å²) in [7, 11) is 0. The molecule has 1 saturated heterocycles. The number of anilines is 1. The summed E-state index contributed by atoms with van der Waals surface area (Å²) in [5.41, 5.74) is 1.17. The highest BCUT2D eigenvalue weighted by molar-refractivity contribution is 6.30. The number of rotatable bonds is 4. The molecule has 0 N–H and O–H groups in total. The van der Waals surface area contributed by atoms with Gasteiger partial charge in [-0.25, -0.2) is 9.97 Å². The molecule has 0 spiro atoms. The zero-order valence-electron chi connectivity index (χ0n) is 10.8. The number of hydrogen-bond donors (Lipinski definition) is 0. The van der Waals surface area contributed by atoms with Gasteiger partial charge >= 0.3 is 0 Å². The fourth-order valence-corrected chi connectivity index (χ4v) is 2.40. The van der Waals surface area contributed by atoms with Crippen LogP contribution in [-0.2, 0) is 13.0 Å². The van der Waals surface area contributed by atoms with Crippen LogP contribution in [0.1, 0.15) is 12.5 Å². The van der Waals surface area contributed by atoms with Crippen LogP contribution in [-0.4, -0.2) is 32.8 Å². The van der Waals surface area contributed by atoms with Crippen LogP contribution in [0.4, 0.5) is 5.95 Å². The minimum absolute atomic E-state index is 0.588. The smallest absolute Gasteiger partial charge is 0.225 e. The van der Waals surface area contributed by atoms with Crippen molar-refractivity contribution in [2.45, 2.75) is 19.9 Å². The summed E-state index contributed by atoms with van der Waals surface area (Å²) >= 11 is 5.84. The van der Waals surface area contributed by atoms with E-state index < -0.39 is 0 Å². The Kier molecular flexibility index (Phi) is 3.38. The highest BCUT2D eigenvalue weighted by Crippen LogP contribution is 2.22. The largest absolute Gasteiger partial charge is 0.340 e. The van der Waals surface area contributed by atoms with Crippen molar-refractivity contribution in [3.63, 3.8) is 0 Å². The predicted octanol–water partition coefficient (Wildman–Crippen LogP) is 2.03. The third kappa shape index (κ3) is 2.71. The Morgan fingerprint density at radius 2 is 2.00 bits per heavy atom. The lowest BCUT2D eigenvalue weighted by Gasteiger charge is -2.39. The molecule has 1 aliphatic heterocycles. The molecule has 1 aliphatic rings. The number of nitrogens with zero attached hydrogens (tertiary/aromatic N) is 5. The Hall–Kier alpha value is -1.62. The molecule has 0 atom stereocenters. The Balaban J connectivity index is 1.54. The van der Waals surface area contributed by atoms with Gasteiger partial charge in [0.15, 0.2) is 0 Å². The van der Waals surface area contributed by atoms with Gasteiger partial charge in [-0.1, -0.05) is 18.5 Å². The lowest BCUT2D eigenvalue weighted by molar-refractivity contribution is 0.338. The highest BCUT2D eigenvalue weighted by atomic mass is 35.5. The van der Waals surface area contributed by atoms with Crippen LogP contribution in [0, 0.1) is 5.92 Å². The molecule has 0 radical (unpaired) electrons. The van der Waals surface area contributed by atoms with Crippen molar-refractivity contribution in [3.8, 4) is 0 Å². The number of hydrogen-bond acceptors (Lipinski definition) is 4. The van der Waals surface area contributed by atoms with E-state index in [9.17, 15) is 0 Å². The van der Waals surface area contributed by atoms with Gasteiger partial charge < -0.3 is 4.90 Å². The average molecular weight is 278 g/mol. The first kappa shape index (κ1) is 12.4. The Bertz CT molecular complexity index is 544. The second-order valence-electron chi connectivity index (χ2n) is 4.90. The fraction of sp³-hybridized carbons (Fsp3) is 0.462. The second-order valence-corrected chi connectivity index (χ2v) is 5.33. The topological polar surface area (TPSA) is 46.8 Å². The van der Waals surface area contributed by atoms with Crippen LogP contribution in [0.5, 0.6) is 0 Å². The second kappa shape index (κ2) is 5.17. The van der Waals surface area contributed by atoms with Gasteiger partial charge in [-0.05, 0) is 12.0 Å². The summed E-state index contributed by atoms with van der Waals surface area (Å²) < 4.78 is 1.89. The lowest BCUT2D eigenvalue weighted by atomic mass is 10.0. The molecule has 100 valence electrons. The number of aryl methyl sites for hydroxylation is 1. The summed E-state index contributed by atoms with van der Waals surface area (Å²) in [5.74, 6) is 1.41. The number of aromatic nitrogens is 4. The van der Waals surface area contributed by atoms with Gasteiger partial charge in [0.25, 0.3) is 0 Å². The van der Waals surface area contributed by atoms with Gasteiger partial charge in [0.05, 0.1) is 11.2 Å². The third-order valence-corrected chi connectivity index (χ3v) is 3.58. The van der Waals surface area contributed by atoms with Crippen LogP contribution >= 0.6 is 11.6 Å². The van der Waals surface area contributed by atoms with Crippen LogP contribution in [0.2, 0.25) is 5.02 Å². The van der Waals surface area contributed by atoms with E-state index >= 15 is 0 Å². The van der Waals surface area contributed by atoms with E-state index in [2.05, 4.69) is 26.9 Å². The highest BCUT2D eigenvalue weighted by Gasteiger charge is 2.28. The fourth-order valence-electron chi connectivity index (χ4n) is 2.25. The SMILES string of the molecule is CCc1cnc(N2CC(Cn3cc(Cl)cn3)C2)nc1. The van der Waals surface area contributed by atoms with Gasteiger partial charge in [-0.15, -0.1) is 0 Å². The van der Waals surface area contributed by atoms with Crippen LogP contribution in [0.3, 0.4) is 0 Å². The molecular formula is C13H16ClN5. The predicted molar refractivity (Wildman–Crippen MR) is 74.4 cm³/mol. The molecule has 0 bridgehead atoms. The van der Waals surface area contributed by atoms with E-state index in [1.807, 2.05) is 23.3 Å². The van der Waals surface area contributed by atoms with Crippen molar-refractivity contribution in [1.82, 2.24) is 19.7 Å². The zero-order chi connectivity index (χ0) is 13.2. The molecule has 2 aromatic heterocycles. The van der Waals surface area contributed by atoms with Crippen LogP contribution in [0.25, 0.3) is 0 Å². The van der Waals surface area contributed by atoms with Crippen LogP contribution < -0.4 is 4.90 Å². The summed E-state index contributed by atoms with van der Waals surface area (Å²) in [6.07, 6.45) is 8.32. The maximum Gasteiger partial charge on any atom is 0.225 e. The Morgan fingerprint density at radius 1 is 1.26 bits per heavy atom. The van der Waals surface area contributed by atoms with Crippen molar-refractivity contribution >= 4 is 17.5 Å². The quantitative estimate of drug-likeness (QED) is 0.858. The Labute approximate surface area is 117 Å². The molecule has 5 nitrogen and oxygen atoms in total. The lowest BCUT2D eigenvalue weighted by Crippen LogP contribution is -2.49. The summed E-state index contributed by atoms with van der Waals surface area (Å²) in [4.78, 5) is 11.0. The molecular weight excluding hydrogens is 262 g/mol. The molecule has 6 heteroatoms. The van der Waals surface area contributed by atoms with Crippen LogP contribution in [0.15, 0.2) is 24.8 Å². The molecule has 0 amide bonds. The minimum Gasteiger partial charge on any atom is -0.340 e. The molecule has 1 fully saturated rings. The van der Waals surface area contributed by atoms with Crippen molar-refractivity contribution in [2.24, 2.45) is 5.92 Å². The van der Waals surface area contributed by atoms with Crippen molar-refractivity contribution in [3.05, 3.63) is 35.4 Å². The normalized spacial score (nSPS) is 15.6. The van der Waals surface area contributed by atoms with E-state index in [1.165, 1.54) is 5.56 Å². The van der Waals surface area contributed by atoms with Crippen molar-refractivity contribution in [2.75, 3.05) is 18.0 Å². The van der Waals surface area contributed by atoms with E-state index in [4.69, 9.17) is 11.6 Å². The van der Waals surface area contributed by atoms with Gasteiger partial charge in [0.1, 0.15) is 0 Å². The zero-order valence-corrected chi connectivity index (χ0v) is 11.6.